The number of ether oxygens (including phenoxy) is 1. The summed E-state index contributed by atoms with van der Waals surface area (Å²) >= 11 is 3.03. The summed E-state index contributed by atoms with van der Waals surface area (Å²) in [6.45, 7) is 1.57. The monoisotopic (exact) mass is 513 g/mol. The molecule has 13 nitrogen and oxygen atoms in total. The van der Waals surface area contributed by atoms with Crippen molar-refractivity contribution >= 4 is 21.9 Å². The molecule has 172 valence electrons. The van der Waals surface area contributed by atoms with Gasteiger partial charge in [-0.2, -0.15) is 0 Å². The summed E-state index contributed by atoms with van der Waals surface area (Å²) in [4.78, 5) is 37.1. The first kappa shape index (κ1) is 23.6. The molecule has 0 spiro atoms. The van der Waals surface area contributed by atoms with Crippen molar-refractivity contribution in [3.05, 3.63) is 67.1 Å². The number of nitrogens with zero attached hydrogens (tertiary/aromatic N) is 4. The Balaban J connectivity index is 1.63. The van der Waals surface area contributed by atoms with Crippen LogP contribution in [0.5, 0.6) is 0 Å². The smallest absolute Gasteiger partial charge is 0.341 e. The van der Waals surface area contributed by atoms with Crippen molar-refractivity contribution in [2.24, 2.45) is 0 Å². The first-order valence-electron chi connectivity index (χ1n) is 9.37. The lowest BCUT2D eigenvalue weighted by Gasteiger charge is -2.21. The average Bonchev–Trinajstić information content (AvgIpc) is 3.41. The number of nitrogens with one attached hydrogen (secondary N) is 1. The van der Waals surface area contributed by atoms with Crippen LogP contribution in [0.2, 0.25) is 0 Å². The molecule has 32 heavy (non-hydrogen) atoms. The quantitative estimate of drug-likeness (QED) is 0.263. The van der Waals surface area contributed by atoms with Crippen LogP contribution in [0.3, 0.4) is 0 Å². The molecule has 3 aromatic rings. The zero-order valence-electron chi connectivity index (χ0n) is 16.7. The lowest BCUT2D eigenvalue weighted by atomic mass is 10.1. The Morgan fingerprint density at radius 3 is 2.78 bits per heavy atom. The number of hydrogen-bond acceptors (Lipinski definition) is 10. The number of carbonyl (C=O) groups excluding carboxylic acids is 1. The van der Waals surface area contributed by atoms with E-state index in [-0.39, 0.29) is 35.5 Å². The van der Waals surface area contributed by atoms with E-state index in [4.69, 9.17) is 9.15 Å². The van der Waals surface area contributed by atoms with Gasteiger partial charge >= 0.3 is 11.7 Å². The highest BCUT2D eigenvalue weighted by Crippen LogP contribution is 2.22. The maximum Gasteiger partial charge on any atom is 0.341 e. The molecule has 3 heterocycles. The minimum Gasteiger partial charge on any atom is -0.466 e. The fraction of sp³-hybridized carbons (Fsp3) is 0.389. The average molecular weight is 514 g/mol. The van der Waals surface area contributed by atoms with E-state index in [1.807, 2.05) is 0 Å². The van der Waals surface area contributed by atoms with Crippen molar-refractivity contribution in [3.63, 3.8) is 0 Å². The highest BCUT2D eigenvalue weighted by atomic mass is 79.9. The van der Waals surface area contributed by atoms with E-state index in [0.717, 1.165) is 6.26 Å². The topological polar surface area (TPSA) is 186 Å². The van der Waals surface area contributed by atoms with Crippen LogP contribution in [-0.2, 0) is 17.8 Å². The standard InChI is InChI=1S/C18H20BrN5O8/c1-2-31-17(29)9-3-13(32-8-9)15(27)14(26)12(25)7-24-5-10(21-22-24)4-23-6-11(19)16(28)20-18(23)30/h3,5-6,8,12,14-15,25-27H,2,4,7H2,1H3,(H,20,28,30)/t12-,14-,15-/m1/s1. The largest absolute Gasteiger partial charge is 0.466 e. The van der Waals surface area contributed by atoms with Gasteiger partial charge in [-0.3, -0.25) is 14.3 Å². The first-order valence-corrected chi connectivity index (χ1v) is 10.2. The van der Waals surface area contributed by atoms with Crippen LogP contribution in [0.4, 0.5) is 0 Å². The Bertz CT molecular complexity index is 1200. The van der Waals surface area contributed by atoms with Crippen LogP contribution in [0.15, 0.2) is 43.2 Å². The lowest BCUT2D eigenvalue weighted by Crippen LogP contribution is -2.35. The maximum atomic E-state index is 11.9. The van der Waals surface area contributed by atoms with E-state index >= 15 is 0 Å². The fourth-order valence-electron chi connectivity index (χ4n) is 2.78. The molecule has 0 unspecified atom stereocenters. The van der Waals surface area contributed by atoms with Crippen molar-refractivity contribution in [1.82, 2.24) is 24.5 Å². The molecule has 0 aliphatic carbocycles. The summed E-state index contributed by atoms with van der Waals surface area (Å²) < 4.78 is 12.5. The summed E-state index contributed by atoms with van der Waals surface area (Å²) in [7, 11) is 0. The van der Waals surface area contributed by atoms with Crippen molar-refractivity contribution in [2.45, 2.75) is 38.3 Å². The number of rotatable bonds is 9. The first-order chi connectivity index (χ1) is 15.2. The van der Waals surface area contributed by atoms with Crippen LogP contribution in [0, 0.1) is 0 Å². The summed E-state index contributed by atoms with van der Waals surface area (Å²) in [5.41, 5.74) is -0.783. The Kier molecular flexibility index (Phi) is 7.40. The van der Waals surface area contributed by atoms with E-state index in [1.54, 1.807) is 6.92 Å². The molecular weight excluding hydrogens is 494 g/mol. The number of H-pyrrole nitrogens is 1. The number of carbonyl (C=O) groups is 1. The predicted octanol–water partition coefficient (Wildman–Crippen LogP) is -0.836. The van der Waals surface area contributed by atoms with E-state index in [0.29, 0.717) is 5.69 Å². The summed E-state index contributed by atoms with van der Waals surface area (Å²) in [5.74, 6) is -0.768. The molecule has 0 aliphatic rings. The van der Waals surface area contributed by atoms with Gasteiger partial charge in [-0.25, -0.2) is 14.3 Å². The van der Waals surface area contributed by atoms with E-state index < -0.39 is 35.5 Å². The minimum atomic E-state index is -1.67. The van der Waals surface area contributed by atoms with Gasteiger partial charge in [-0.1, -0.05) is 5.21 Å². The number of esters is 1. The Morgan fingerprint density at radius 2 is 2.06 bits per heavy atom. The van der Waals surface area contributed by atoms with E-state index in [9.17, 15) is 29.7 Å². The Morgan fingerprint density at radius 1 is 1.31 bits per heavy atom. The summed E-state index contributed by atoms with van der Waals surface area (Å²) in [5, 5.41) is 38.5. The number of aromatic nitrogens is 5. The predicted molar refractivity (Wildman–Crippen MR) is 110 cm³/mol. The van der Waals surface area contributed by atoms with Gasteiger partial charge in [0.2, 0.25) is 0 Å². The van der Waals surface area contributed by atoms with Gasteiger partial charge in [0.15, 0.2) is 0 Å². The van der Waals surface area contributed by atoms with Gasteiger partial charge in [0.05, 0.1) is 35.9 Å². The molecular formula is C18H20BrN5O8. The molecule has 3 aromatic heterocycles. The third-order valence-electron chi connectivity index (χ3n) is 4.40. The maximum absolute atomic E-state index is 11.9. The third-order valence-corrected chi connectivity index (χ3v) is 4.96. The molecule has 0 radical (unpaired) electrons. The molecule has 0 fully saturated rings. The second-order valence-electron chi connectivity index (χ2n) is 6.76. The zero-order valence-corrected chi connectivity index (χ0v) is 18.3. The molecule has 3 rings (SSSR count). The van der Waals surface area contributed by atoms with E-state index in [2.05, 4.69) is 31.2 Å². The molecule has 0 aliphatic heterocycles. The van der Waals surface area contributed by atoms with Gasteiger partial charge in [0.1, 0.15) is 36.0 Å². The van der Waals surface area contributed by atoms with Crippen LogP contribution < -0.4 is 11.2 Å². The van der Waals surface area contributed by atoms with E-state index in [1.165, 1.54) is 27.7 Å². The molecule has 3 atom stereocenters. The second-order valence-corrected chi connectivity index (χ2v) is 7.61. The third kappa shape index (κ3) is 5.40. The minimum absolute atomic E-state index is 0.00147. The summed E-state index contributed by atoms with van der Waals surface area (Å²) in [6.07, 6.45) is -0.936. The number of hydrogen-bond donors (Lipinski definition) is 4. The van der Waals surface area contributed by atoms with Crippen molar-refractivity contribution in [3.8, 4) is 0 Å². The number of aromatic amines is 1. The number of halogens is 1. The van der Waals surface area contributed by atoms with Crippen LogP contribution in [0.1, 0.15) is 34.8 Å². The summed E-state index contributed by atoms with van der Waals surface area (Å²) in [6, 6.07) is 1.21. The molecule has 0 amide bonds. The Hall–Kier alpha value is -3.07. The van der Waals surface area contributed by atoms with Gasteiger partial charge in [0, 0.05) is 6.20 Å². The highest BCUT2D eigenvalue weighted by Gasteiger charge is 2.29. The fourth-order valence-corrected chi connectivity index (χ4v) is 3.13. The number of aliphatic hydroxyl groups excluding tert-OH is 3. The van der Waals surface area contributed by atoms with Crippen molar-refractivity contribution in [2.75, 3.05) is 6.61 Å². The van der Waals surface area contributed by atoms with Crippen LogP contribution >= 0.6 is 15.9 Å². The number of aliphatic hydroxyl groups is 3. The number of furan rings is 1. The second kappa shape index (κ2) is 10.0. The van der Waals surface area contributed by atoms with Gasteiger partial charge < -0.3 is 24.5 Å². The highest BCUT2D eigenvalue weighted by molar-refractivity contribution is 9.10. The van der Waals surface area contributed by atoms with Gasteiger partial charge in [-0.15, -0.1) is 5.10 Å². The molecule has 0 aromatic carbocycles. The van der Waals surface area contributed by atoms with Crippen LogP contribution in [0.25, 0.3) is 0 Å². The van der Waals surface area contributed by atoms with Crippen LogP contribution in [-0.4, -0.2) is 64.6 Å². The zero-order chi connectivity index (χ0) is 23.4. The molecule has 14 heteroatoms. The van der Waals surface area contributed by atoms with Crippen molar-refractivity contribution < 1.29 is 29.3 Å². The molecule has 0 bridgehead atoms. The normalized spacial score (nSPS) is 14.2. The molecule has 0 saturated heterocycles. The lowest BCUT2D eigenvalue weighted by molar-refractivity contribution is -0.0739. The van der Waals surface area contributed by atoms with Crippen molar-refractivity contribution in [1.29, 1.82) is 0 Å². The van der Waals surface area contributed by atoms with Gasteiger partial charge in [0.25, 0.3) is 5.56 Å². The molecule has 4 N–H and O–H groups in total. The van der Waals surface area contributed by atoms with Gasteiger partial charge in [-0.05, 0) is 28.9 Å². The Labute approximate surface area is 188 Å². The SMILES string of the molecule is CCOC(=O)c1coc([C@@H](O)[C@H](O)[C@H](O)Cn2cc(Cn3cc(Br)c(=O)[nH]c3=O)nn2)c1. The molecule has 0 saturated carbocycles.